The Hall–Kier alpha value is -1.10. The predicted octanol–water partition coefficient (Wildman–Crippen LogP) is 0.466. The number of hydrogen-bond donors (Lipinski definition) is 1. The first-order chi connectivity index (χ1) is 7.60. The molecule has 5 heteroatoms. The molecule has 2 N–H and O–H groups in total. The van der Waals surface area contributed by atoms with Gasteiger partial charge in [-0.3, -0.25) is 9.59 Å². The largest absolute Gasteiger partial charge is 0.466 e. The molecule has 1 saturated carbocycles. The number of esters is 2. The molecule has 0 aliphatic heterocycles. The molecule has 3 atom stereocenters. The number of carbonyl (C=O) groups excluding carboxylic acids is 2. The molecule has 5 nitrogen and oxygen atoms in total. The van der Waals surface area contributed by atoms with Gasteiger partial charge in [0.1, 0.15) is 6.04 Å². The molecule has 0 bridgehead atoms. The SMILES string of the molecule is CCOC(=O)[C@@H](N)C[C@@H]1C[C@H]1C(=O)OCC. The zero-order chi connectivity index (χ0) is 12.1. The number of nitrogens with two attached hydrogens (primary N) is 1. The summed E-state index contributed by atoms with van der Waals surface area (Å²) in [6.07, 6.45) is 1.27. The molecule has 1 fully saturated rings. The number of rotatable bonds is 6. The average Bonchev–Trinajstić information content (AvgIpc) is 2.98. The van der Waals surface area contributed by atoms with E-state index in [-0.39, 0.29) is 17.8 Å². The van der Waals surface area contributed by atoms with Crippen LogP contribution in [-0.4, -0.2) is 31.2 Å². The van der Waals surface area contributed by atoms with Crippen molar-refractivity contribution in [1.82, 2.24) is 0 Å². The summed E-state index contributed by atoms with van der Waals surface area (Å²) in [6, 6.07) is -0.621. The Labute approximate surface area is 95.3 Å². The molecule has 0 saturated heterocycles. The van der Waals surface area contributed by atoms with Crippen molar-refractivity contribution in [3.05, 3.63) is 0 Å². The van der Waals surface area contributed by atoms with Crippen LogP contribution in [0.4, 0.5) is 0 Å². The van der Waals surface area contributed by atoms with Crippen molar-refractivity contribution in [3.63, 3.8) is 0 Å². The quantitative estimate of drug-likeness (QED) is 0.670. The first kappa shape index (κ1) is 13.0. The van der Waals surface area contributed by atoms with Gasteiger partial charge in [-0.25, -0.2) is 0 Å². The summed E-state index contributed by atoms with van der Waals surface area (Å²) in [4.78, 5) is 22.6. The van der Waals surface area contributed by atoms with Crippen molar-refractivity contribution in [2.75, 3.05) is 13.2 Å². The van der Waals surface area contributed by atoms with Crippen molar-refractivity contribution >= 4 is 11.9 Å². The first-order valence-corrected chi connectivity index (χ1v) is 5.69. The minimum absolute atomic E-state index is 0.0690. The van der Waals surface area contributed by atoms with Crippen LogP contribution in [0.2, 0.25) is 0 Å². The van der Waals surface area contributed by atoms with Gasteiger partial charge in [-0.05, 0) is 32.6 Å². The average molecular weight is 229 g/mol. The van der Waals surface area contributed by atoms with E-state index in [4.69, 9.17) is 15.2 Å². The van der Waals surface area contributed by atoms with Gasteiger partial charge in [-0.15, -0.1) is 0 Å². The summed E-state index contributed by atoms with van der Waals surface area (Å²) in [6.45, 7) is 4.24. The van der Waals surface area contributed by atoms with E-state index in [9.17, 15) is 9.59 Å². The number of ether oxygens (including phenoxy) is 2. The van der Waals surface area contributed by atoms with E-state index in [1.165, 1.54) is 0 Å². The van der Waals surface area contributed by atoms with E-state index < -0.39 is 12.0 Å². The van der Waals surface area contributed by atoms with Crippen molar-refractivity contribution in [3.8, 4) is 0 Å². The van der Waals surface area contributed by atoms with Crippen LogP contribution in [0.25, 0.3) is 0 Å². The summed E-state index contributed by atoms with van der Waals surface area (Å²) in [7, 11) is 0. The standard InChI is InChI=1S/C11H19NO4/c1-3-15-10(13)8-5-7(8)6-9(12)11(14)16-4-2/h7-9H,3-6,12H2,1-2H3/t7-,8+,9-/m0/s1. The summed E-state index contributed by atoms with van der Waals surface area (Å²) in [5, 5.41) is 0. The van der Waals surface area contributed by atoms with Crippen LogP contribution in [0.3, 0.4) is 0 Å². The zero-order valence-corrected chi connectivity index (χ0v) is 9.77. The zero-order valence-electron chi connectivity index (χ0n) is 9.77. The van der Waals surface area contributed by atoms with Gasteiger partial charge in [-0.2, -0.15) is 0 Å². The second-order valence-corrected chi connectivity index (χ2v) is 3.95. The maximum atomic E-state index is 11.3. The summed E-state index contributed by atoms with van der Waals surface area (Å²) in [5.41, 5.74) is 5.65. The van der Waals surface area contributed by atoms with Crippen molar-refractivity contribution in [2.45, 2.75) is 32.7 Å². The number of carbonyl (C=O) groups is 2. The lowest BCUT2D eigenvalue weighted by atomic mass is 10.1. The fourth-order valence-electron chi connectivity index (χ4n) is 1.72. The van der Waals surface area contributed by atoms with Crippen LogP contribution in [-0.2, 0) is 19.1 Å². The van der Waals surface area contributed by atoms with Gasteiger partial charge in [0, 0.05) is 0 Å². The van der Waals surface area contributed by atoms with Crippen LogP contribution in [0.1, 0.15) is 26.7 Å². The van der Waals surface area contributed by atoms with Gasteiger partial charge in [0.25, 0.3) is 0 Å². The molecular formula is C11H19NO4. The third-order valence-electron chi connectivity index (χ3n) is 2.66. The third kappa shape index (κ3) is 3.48. The molecule has 92 valence electrons. The highest BCUT2D eigenvalue weighted by Crippen LogP contribution is 2.42. The Morgan fingerprint density at radius 3 is 2.50 bits per heavy atom. The minimum Gasteiger partial charge on any atom is -0.466 e. The molecule has 0 amide bonds. The molecule has 0 aromatic carbocycles. The van der Waals surface area contributed by atoms with Gasteiger partial charge in [-0.1, -0.05) is 0 Å². The smallest absolute Gasteiger partial charge is 0.322 e. The highest BCUT2D eigenvalue weighted by Gasteiger charge is 2.45. The van der Waals surface area contributed by atoms with Gasteiger partial charge < -0.3 is 15.2 Å². The third-order valence-corrected chi connectivity index (χ3v) is 2.66. The molecule has 0 radical (unpaired) electrons. The lowest BCUT2D eigenvalue weighted by Gasteiger charge is -2.09. The van der Waals surface area contributed by atoms with E-state index >= 15 is 0 Å². The summed E-state index contributed by atoms with van der Waals surface area (Å²) >= 11 is 0. The molecule has 0 aromatic rings. The highest BCUT2D eigenvalue weighted by atomic mass is 16.5. The molecule has 16 heavy (non-hydrogen) atoms. The van der Waals surface area contributed by atoms with Gasteiger partial charge in [0.2, 0.25) is 0 Å². The Morgan fingerprint density at radius 2 is 1.94 bits per heavy atom. The molecule has 1 aliphatic rings. The molecule has 1 rings (SSSR count). The fourth-order valence-corrected chi connectivity index (χ4v) is 1.72. The Balaban J connectivity index is 2.25. The van der Waals surface area contributed by atoms with Crippen LogP contribution in [0.15, 0.2) is 0 Å². The lowest BCUT2D eigenvalue weighted by Crippen LogP contribution is -2.33. The maximum absolute atomic E-state index is 11.3. The topological polar surface area (TPSA) is 78.6 Å². The second kappa shape index (κ2) is 5.84. The van der Waals surface area contributed by atoms with E-state index in [0.717, 1.165) is 6.42 Å². The van der Waals surface area contributed by atoms with E-state index in [0.29, 0.717) is 19.6 Å². The summed E-state index contributed by atoms with van der Waals surface area (Å²) in [5.74, 6) is -0.459. The number of hydrogen-bond acceptors (Lipinski definition) is 5. The molecule has 0 unspecified atom stereocenters. The van der Waals surface area contributed by atoms with Gasteiger partial charge in [0.05, 0.1) is 19.1 Å². The molecule has 0 heterocycles. The Bertz CT molecular complexity index is 267. The maximum Gasteiger partial charge on any atom is 0.322 e. The van der Waals surface area contributed by atoms with Crippen molar-refractivity contribution in [1.29, 1.82) is 0 Å². The monoisotopic (exact) mass is 229 g/mol. The van der Waals surface area contributed by atoms with Crippen molar-refractivity contribution in [2.24, 2.45) is 17.6 Å². The Morgan fingerprint density at radius 1 is 1.31 bits per heavy atom. The van der Waals surface area contributed by atoms with E-state index in [1.54, 1.807) is 13.8 Å². The second-order valence-electron chi connectivity index (χ2n) is 3.95. The molecular weight excluding hydrogens is 210 g/mol. The van der Waals surface area contributed by atoms with E-state index in [1.807, 2.05) is 0 Å². The molecule has 0 aromatic heterocycles. The normalized spacial score (nSPS) is 24.7. The minimum atomic E-state index is -0.621. The van der Waals surface area contributed by atoms with Gasteiger partial charge in [0.15, 0.2) is 0 Å². The highest BCUT2D eigenvalue weighted by molar-refractivity contribution is 5.77. The lowest BCUT2D eigenvalue weighted by molar-refractivity contribution is -0.147. The van der Waals surface area contributed by atoms with Gasteiger partial charge >= 0.3 is 11.9 Å². The van der Waals surface area contributed by atoms with Crippen molar-refractivity contribution < 1.29 is 19.1 Å². The fraction of sp³-hybridized carbons (Fsp3) is 0.818. The molecule has 1 aliphatic carbocycles. The van der Waals surface area contributed by atoms with E-state index in [2.05, 4.69) is 0 Å². The summed E-state index contributed by atoms with van der Waals surface area (Å²) < 4.78 is 9.69. The Kier molecular flexibility index (Phi) is 4.73. The molecule has 0 spiro atoms. The van der Waals surface area contributed by atoms with Crippen LogP contribution >= 0.6 is 0 Å². The van der Waals surface area contributed by atoms with Crippen LogP contribution in [0.5, 0.6) is 0 Å². The first-order valence-electron chi connectivity index (χ1n) is 5.69. The predicted molar refractivity (Wildman–Crippen MR) is 57.5 cm³/mol. The van der Waals surface area contributed by atoms with Crippen LogP contribution < -0.4 is 5.73 Å². The van der Waals surface area contributed by atoms with Crippen LogP contribution in [0, 0.1) is 11.8 Å².